The van der Waals surface area contributed by atoms with Crippen LogP contribution in [0.25, 0.3) is 0 Å². The average Bonchev–Trinajstić information content (AvgIpc) is 2.13. The Morgan fingerprint density at radius 3 is 2.35 bits per heavy atom. The van der Waals surface area contributed by atoms with Crippen LogP contribution in [0, 0.1) is 0 Å². The molecule has 98 valence electrons. The first kappa shape index (κ1) is 14.0. The average molecular weight is 262 g/mol. The summed E-state index contributed by atoms with van der Waals surface area (Å²) in [7, 11) is -3.15. The van der Waals surface area contributed by atoms with E-state index in [0.717, 1.165) is 6.26 Å². The summed E-state index contributed by atoms with van der Waals surface area (Å²) in [6.07, 6.45) is 1.11. The van der Waals surface area contributed by atoms with Crippen molar-refractivity contribution in [2.24, 2.45) is 0 Å². The van der Waals surface area contributed by atoms with Crippen molar-refractivity contribution < 1.29 is 18.0 Å². The van der Waals surface area contributed by atoms with Gasteiger partial charge in [-0.2, -0.15) is 0 Å². The minimum atomic E-state index is -3.15. The van der Waals surface area contributed by atoms with E-state index in [4.69, 9.17) is 0 Å². The molecular weight excluding hydrogens is 244 g/mol. The fraction of sp³-hybridized carbons (Fsp3) is 0.800. The number of amides is 2. The van der Waals surface area contributed by atoms with Gasteiger partial charge in [0.2, 0.25) is 11.8 Å². The van der Waals surface area contributed by atoms with Crippen molar-refractivity contribution in [3.05, 3.63) is 0 Å². The first-order valence-corrected chi connectivity index (χ1v) is 7.41. The lowest BCUT2D eigenvalue weighted by Crippen LogP contribution is -2.67. The Kier molecular flexibility index (Phi) is 3.52. The fourth-order valence-corrected chi connectivity index (χ4v) is 2.23. The molecule has 7 heteroatoms. The Labute approximate surface area is 101 Å². The number of nitrogens with one attached hydrogen (secondary N) is 1. The van der Waals surface area contributed by atoms with Gasteiger partial charge in [0.05, 0.1) is 5.75 Å². The molecule has 1 aliphatic rings. The lowest BCUT2D eigenvalue weighted by Gasteiger charge is -2.41. The van der Waals surface area contributed by atoms with Crippen molar-refractivity contribution in [2.75, 3.05) is 18.6 Å². The van der Waals surface area contributed by atoms with E-state index in [1.165, 1.54) is 4.90 Å². The molecule has 1 heterocycles. The highest BCUT2D eigenvalue weighted by molar-refractivity contribution is 7.90. The van der Waals surface area contributed by atoms with Crippen molar-refractivity contribution >= 4 is 21.7 Å². The Hall–Kier alpha value is -1.11. The van der Waals surface area contributed by atoms with E-state index in [1.54, 1.807) is 20.8 Å². The maximum Gasteiger partial charge on any atom is 0.248 e. The van der Waals surface area contributed by atoms with Gasteiger partial charge in [-0.25, -0.2) is 8.42 Å². The molecular formula is C10H18N2O4S. The van der Waals surface area contributed by atoms with Gasteiger partial charge in [-0.15, -0.1) is 0 Å². The molecule has 0 aromatic rings. The smallest absolute Gasteiger partial charge is 0.248 e. The Balaban J connectivity index is 2.87. The Morgan fingerprint density at radius 2 is 1.88 bits per heavy atom. The highest BCUT2D eigenvalue weighted by Crippen LogP contribution is 2.17. The molecule has 17 heavy (non-hydrogen) atoms. The van der Waals surface area contributed by atoms with Gasteiger partial charge in [0.25, 0.3) is 0 Å². The fourth-order valence-electron chi connectivity index (χ4n) is 1.70. The summed E-state index contributed by atoms with van der Waals surface area (Å²) in [6, 6.07) is -0.628. The topological polar surface area (TPSA) is 83.6 Å². The number of nitrogens with zero attached hydrogens (tertiary/aromatic N) is 1. The van der Waals surface area contributed by atoms with Crippen LogP contribution in [0.5, 0.6) is 0 Å². The molecule has 1 atom stereocenters. The molecule has 0 radical (unpaired) electrons. The van der Waals surface area contributed by atoms with E-state index in [-0.39, 0.29) is 24.1 Å². The first-order valence-electron chi connectivity index (χ1n) is 5.35. The zero-order valence-corrected chi connectivity index (χ0v) is 11.3. The summed E-state index contributed by atoms with van der Waals surface area (Å²) in [6.45, 7) is 4.85. The highest BCUT2D eigenvalue weighted by Gasteiger charge is 2.43. The van der Waals surface area contributed by atoms with Crippen LogP contribution in [0.2, 0.25) is 0 Å². The molecule has 1 unspecified atom stereocenters. The van der Waals surface area contributed by atoms with Gasteiger partial charge in [0, 0.05) is 12.8 Å². The minimum absolute atomic E-state index is 0.0513. The Morgan fingerprint density at radius 1 is 1.35 bits per heavy atom. The van der Waals surface area contributed by atoms with E-state index in [0.29, 0.717) is 0 Å². The van der Waals surface area contributed by atoms with E-state index in [2.05, 4.69) is 5.32 Å². The zero-order valence-electron chi connectivity index (χ0n) is 10.5. The zero-order chi connectivity index (χ0) is 13.4. The monoisotopic (exact) mass is 262 g/mol. The summed E-state index contributed by atoms with van der Waals surface area (Å²) in [4.78, 5) is 25.0. The minimum Gasteiger partial charge on any atom is -0.340 e. The van der Waals surface area contributed by atoms with E-state index in [9.17, 15) is 18.0 Å². The molecule has 0 spiro atoms. The molecule has 0 bridgehead atoms. The quantitative estimate of drug-likeness (QED) is 0.718. The normalized spacial score (nSPS) is 24.7. The van der Waals surface area contributed by atoms with Crippen molar-refractivity contribution in [1.82, 2.24) is 10.2 Å². The number of piperazine rings is 1. The molecule has 0 aromatic carbocycles. The van der Waals surface area contributed by atoms with Crippen molar-refractivity contribution in [3.8, 4) is 0 Å². The molecule has 1 fully saturated rings. The predicted molar refractivity (Wildman–Crippen MR) is 63.1 cm³/mol. The largest absolute Gasteiger partial charge is 0.340 e. The summed E-state index contributed by atoms with van der Waals surface area (Å²) in [5.74, 6) is -0.650. The van der Waals surface area contributed by atoms with Gasteiger partial charge in [-0.3, -0.25) is 9.59 Å². The lowest BCUT2D eigenvalue weighted by atomic mass is 9.97. The number of rotatable bonds is 3. The number of hydrogen-bond acceptors (Lipinski definition) is 4. The summed E-state index contributed by atoms with van der Waals surface area (Å²) >= 11 is 0. The Bertz CT molecular complexity index is 441. The van der Waals surface area contributed by atoms with Crippen LogP contribution in [0.1, 0.15) is 20.8 Å². The van der Waals surface area contributed by atoms with E-state index in [1.807, 2.05) is 0 Å². The van der Waals surface area contributed by atoms with E-state index < -0.39 is 21.4 Å². The van der Waals surface area contributed by atoms with Crippen LogP contribution in [-0.2, 0) is 19.4 Å². The van der Waals surface area contributed by atoms with Crippen molar-refractivity contribution in [2.45, 2.75) is 32.4 Å². The molecule has 0 saturated carbocycles. The van der Waals surface area contributed by atoms with Gasteiger partial charge >= 0.3 is 0 Å². The van der Waals surface area contributed by atoms with Crippen LogP contribution in [-0.4, -0.2) is 55.3 Å². The number of hydrogen-bond donors (Lipinski definition) is 1. The highest BCUT2D eigenvalue weighted by atomic mass is 32.2. The maximum atomic E-state index is 12.0. The van der Waals surface area contributed by atoms with Gasteiger partial charge < -0.3 is 10.2 Å². The predicted octanol–water partition coefficient (Wildman–Crippen LogP) is -0.843. The van der Waals surface area contributed by atoms with E-state index >= 15 is 0 Å². The molecule has 1 saturated heterocycles. The second-order valence-corrected chi connectivity index (χ2v) is 7.18. The molecule has 2 amide bonds. The number of carbonyl (C=O) groups excluding carboxylic acids is 2. The van der Waals surface area contributed by atoms with Crippen molar-refractivity contribution in [3.63, 3.8) is 0 Å². The molecule has 1 N–H and O–H groups in total. The second-order valence-electron chi connectivity index (χ2n) is 4.92. The van der Waals surface area contributed by atoms with Gasteiger partial charge in [-0.05, 0) is 20.8 Å². The van der Waals surface area contributed by atoms with Gasteiger partial charge in [-0.1, -0.05) is 0 Å². The van der Waals surface area contributed by atoms with Crippen LogP contribution >= 0.6 is 0 Å². The SMILES string of the molecule is CC1C(=O)NC(C)(C)C(=O)N1CCS(C)(=O)=O. The third kappa shape index (κ3) is 3.18. The van der Waals surface area contributed by atoms with Crippen LogP contribution in [0.15, 0.2) is 0 Å². The third-order valence-corrected chi connectivity index (χ3v) is 3.71. The molecule has 0 aromatic heterocycles. The lowest BCUT2D eigenvalue weighted by molar-refractivity contribution is -0.152. The number of carbonyl (C=O) groups is 2. The van der Waals surface area contributed by atoms with Gasteiger partial charge in [0.1, 0.15) is 21.4 Å². The summed E-state index contributed by atoms with van der Waals surface area (Å²) < 4.78 is 22.2. The second kappa shape index (κ2) is 4.29. The molecule has 1 rings (SSSR count). The third-order valence-electron chi connectivity index (χ3n) is 2.78. The van der Waals surface area contributed by atoms with Crippen molar-refractivity contribution in [1.29, 1.82) is 0 Å². The van der Waals surface area contributed by atoms with Crippen LogP contribution in [0.4, 0.5) is 0 Å². The summed E-state index contributed by atoms with van der Waals surface area (Å²) in [5, 5.41) is 2.60. The molecule has 6 nitrogen and oxygen atoms in total. The molecule has 1 aliphatic heterocycles. The summed E-state index contributed by atoms with van der Waals surface area (Å²) in [5.41, 5.74) is -0.971. The number of sulfone groups is 1. The standard InChI is InChI=1S/C10H18N2O4S/c1-7-8(13)11-10(2,3)9(14)12(7)5-6-17(4,15)16/h7H,5-6H2,1-4H3,(H,11,13). The molecule has 0 aliphatic carbocycles. The van der Waals surface area contributed by atoms with Crippen LogP contribution < -0.4 is 5.32 Å². The van der Waals surface area contributed by atoms with Crippen LogP contribution in [0.3, 0.4) is 0 Å². The van der Waals surface area contributed by atoms with Gasteiger partial charge in [0.15, 0.2) is 0 Å². The first-order chi connectivity index (χ1) is 7.54. The maximum absolute atomic E-state index is 12.0.